The predicted molar refractivity (Wildman–Crippen MR) is 278 cm³/mol. The Morgan fingerprint density at radius 3 is 0.918 bits per heavy atom. The van der Waals surface area contributed by atoms with Crippen LogP contribution in [0.2, 0.25) is 0 Å². The number of aromatic nitrogens is 2. The zero-order valence-corrected chi connectivity index (χ0v) is 43.4. The summed E-state index contributed by atoms with van der Waals surface area (Å²) in [5, 5.41) is 8.26. The molecular weight excluding hydrogens is 933 g/mol. The number of hydrogen-bond acceptors (Lipinski definition) is 15. The van der Waals surface area contributed by atoms with Crippen molar-refractivity contribution in [1.82, 2.24) is 10.3 Å². The lowest BCUT2D eigenvalue weighted by Crippen LogP contribution is -2.15. The Bertz CT molecular complexity index is 2180. The molecule has 0 fully saturated rings. The number of benzene rings is 4. The van der Waals surface area contributed by atoms with E-state index in [0.29, 0.717) is 132 Å². The van der Waals surface area contributed by atoms with Gasteiger partial charge in [0.1, 0.15) is 34.4 Å². The van der Waals surface area contributed by atoms with Crippen LogP contribution in [0, 0.1) is 27.7 Å². The monoisotopic (exact) mass is 1010 g/mol. The van der Waals surface area contributed by atoms with Crippen LogP contribution in [0.5, 0.6) is 11.5 Å². The first-order chi connectivity index (χ1) is 35.9. The van der Waals surface area contributed by atoms with Crippen LogP contribution in [-0.2, 0) is 68.7 Å². The molecule has 73 heavy (non-hydrogen) atoms. The molecule has 0 bridgehead atoms. The van der Waals surface area contributed by atoms with E-state index in [1.54, 1.807) is 0 Å². The fraction of sp³-hybridized carbons (Fsp3) is 0.483. The van der Waals surface area contributed by atoms with E-state index in [1.165, 1.54) is 22.3 Å². The molecule has 15 nitrogen and oxygen atoms in total. The van der Waals surface area contributed by atoms with Gasteiger partial charge in [-0.1, -0.05) is 71.0 Å². The van der Waals surface area contributed by atoms with Crippen molar-refractivity contribution in [3.8, 4) is 33.8 Å². The second-order valence-corrected chi connectivity index (χ2v) is 17.5. The molecule has 0 unspecified atom stereocenters. The van der Waals surface area contributed by atoms with Crippen molar-refractivity contribution in [2.24, 2.45) is 0 Å². The van der Waals surface area contributed by atoms with E-state index in [-0.39, 0.29) is 0 Å². The van der Waals surface area contributed by atoms with E-state index in [9.17, 15) is 0 Å². The summed E-state index contributed by atoms with van der Waals surface area (Å²) in [5.74, 6) is 3.53. The summed E-state index contributed by atoms with van der Waals surface area (Å²) in [6, 6.07) is 33.4. The van der Waals surface area contributed by atoms with Crippen LogP contribution in [0.3, 0.4) is 0 Å². The van der Waals surface area contributed by atoms with Crippen molar-refractivity contribution in [1.29, 1.82) is 0 Å². The topological polar surface area (TPSA) is 154 Å². The van der Waals surface area contributed by atoms with Gasteiger partial charge in [-0.3, -0.25) is 0 Å². The average Bonchev–Trinajstić information content (AvgIpc) is 4.07. The fourth-order valence-corrected chi connectivity index (χ4v) is 7.89. The van der Waals surface area contributed by atoms with Crippen molar-refractivity contribution in [2.45, 2.75) is 66.6 Å². The fourth-order valence-electron chi connectivity index (χ4n) is 7.89. The highest BCUT2D eigenvalue weighted by molar-refractivity contribution is 5.68. The lowest BCUT2D eigenvalue weighted by molar-refractivity contribution is -0.0258. The van der Waals surface area contributed by atoms with Crippen LogP contribution in [0.4, 0.5) is 0 Å². The summed E-state index contributed by atoms with van der Waals surface area (Å²) in [4.78, 5) is 0. The smallest absolute Gasteiger partial charge is 0.137 e. The molecular formula is C58H76N2O13. The van der Waals surface area contributed by atoms with Gasteiger partial charge in [-0.2, -0.15) is 0 Å². The summed E-state index contributed by atoms with van der Waals surface area (Å²) >= 11 is 0. The molecule has 6 aromatic rings. The van der Waals surface area contributed by atoms with Crippen LogP contribution < -0.4 is 9.47 Å². The zero-order valence-electron chi connectivity index (χ0n) is 43.4. The summed E-state index contributed by atoms with van der Waals surface area (Å²) in [7, 11) is 0. The first-order valence-corrected chi connectivity index (χ1v) is 25.6. The minimum absolute atomic E-state index is 0.367. The molecule has 6 rings (SSSR count). The number of ether oxygens (including phenoxy) is 11. The average molecular weight is 1010 g/mol. The molecule has 396 valence electrons. The standard InChI is InChI=1S/C58H76N2O13/c1-45-37-51(49-13-7-5-8-14-49)38-46(2)57(45)70-19-11-17-55-41-53(59-72-55)43-68-35-33-66-31-29-64-27-25-62-23-21-61-22-24-63-26-28-65-30-32-67-34-36-69-44-54-42-56(73-60-54)18-12-20-71-58-47(3)39-52(40-48(58)4)50-15-9-6-10-16-50/h5-10,13-16,37-42H,11-12,17-36,43-44H2,1-4H3. The maximum atomic E-state index is 6.16. The molecule has 0 amide bonds. The Hall–Kier alpha value is -5.46. The molecule has 2 heterocycles. The van der Waals surface area contributed by atoms with Crippen LogP contribution in [0.1, 0.15) is 58.0 Å². The maximum absolute atomic E-state index is 6.16. The second kappa shape index (κ2) is 34.1. The number of nitrogens with zero attached hydrogens (tertiary/aromatic N) is 2. The third-order valence-corrected chi connectivity index (χ3v) is 11.5. The first kappa shape index (κ1) is 56.8. The van der Waals surface area contributed by atoms with Crippen LogP contribution in [0.15, 0.2) is 106 Å². The number of aryl methyl sites for hydroxylation is 6. The Morgan fingerprint density at radius 1 is 0.329 bits per heavy atom. The van der Waals surface area contributed by atoms with Gasteiger partial charge in [0, 0.05) is 25.0 Å². The van der Waals surface area contributed by atoms with Crippen LogP contribution in [-0.4, -0.2) is 129 Å². The van der Waals surface area contributed by atoms with Crippen molar-refractivity contribution in [2.75, 3.05) is 119 Å². The molecule has 0 N–H and O–H groups in total. The molecule has 0 aliphatic rings. The Labute approximate surface area is 431 Å². The van der Waals surface area contributed by atoms with Gasteiger partial charge in [0.2, 0.25) is 0 Å². The zero-order chi connectivity index (χ0) is 51.0. The van der Waals surface area contributed by atoms with E-state index >= 15 is 0 Å². The van der Waals surface area contributed by atoms with E-state index in [1.807, 2.05) is 24.3 Å². The number of rotatable bonds is 40. The molecule has 0 aliphatic carbocycles. The van der Waals surface area contributed by atoms with Gasteiger partial charge in [0.25, 0.3) is 0 Å². The van der Waals surface area contributed by atoms with E-state index in [0.717, 1.165) is 82.3 Å². The van der Waals surface area contributed by atoms with Gasteiger partial charge in [0.05, 0.1) is 132 Å². The lowest BCUT2D eigenvalue weighted by Gasteiger charge is -2.14. The van der Waals surface area contributed by atoms with Gasteiger partial charge in [-0.25, -0.2) is 0 Å². The third kappa shape index (κ3) is 21.9. The largest absolute Gasteiger partial charge is 0.493 e. The van der Waals surface area contributed by atoms with Crippen molar-refractivity contribution in [3.05, 3.63) is 142 Å². The second-order valence-electron chi connectivity index (χ2n) is 17.5. The quantitative estimate of drug-likeness (QED) is 0.0335. The maximum Gasteiger partial charge on any atom is 0.137 e. The molecule has 0 spiro atoms. The van der Waals surface area contributed by atoms with Gasteiger partial charge in [0.15, 0.2) is 0 Å². The highest BCUT2D eigenvalue weighted by Gasteiger charge is 2.12. The summed E-state index contributed by atoms with van der Waals surface area (Å²) in [6.07, 6.45) is 3.11. The SMILES string of the molecule is Cc1cc(-c2ccccc2)cc(C)c1OCCCc1cc(COCCOCCOCCOCCOCCOCCOCCOCCOCc2cc(CCCOc3c(C)cc(-c4ccccc4)cc3C)on2)no1. The molecule has 2 aromatic heterocycles. The van der Waals surface area contributed by atoms with Crippen LogP contribution >= 0.6 is 0 Å². The Kier molecular flexibility index (Phi) is 26.6. The highest BCUT2D eigenvalue weighted by Crippen LogP contribution is 2.32. The molecule has 4 aromatic carbocycles. The van der Waals surface area contributed by atoms with E-state index in [2.05, 4.69) is 111 Å². The lowest BCUT2D eigenvalue weighted by atomic mass is 10.00. The minimum atomic E-state index is 0.367. The van der Waals surface area contributed by atoms with Crippen molar-refractivity contribution < 1.29 is 61.2 Å². The van der Waals surface area contributed by atoms with E-state index in [4.69, 9.17) is 61.2 Å². The minimum Gasteiger partial charge on any atom is -0.493 e. The van der Waals surface area contributed by atoms with Gasteiger partial charge < -0.3 is 61.2 Å². The summed E-state index contributed by atoms with van der Waals surface area (Å²) < 4.78 is 73.7. The first-order valence-electron chi connectivity index (χ1n) is 25.6. The highest BCUT2D eigenvalue weighted by atomic mass is 16.6. The van der Waals surface area contributed by atoms with Crippen molar-refractivity contribution in [3.63, 3.8) is 0 Å². The summed E-state index contributed by atoms with van der Waals surface area (Å²) in [5.41, 5.74) is 10.9. The van der Waals surface area contributed by atoms with Gasteiger partial charge in [-0.05, 0) is 109 Å². The van der Waals surface area contributed by atoms with Crippen LogP contribution in [0.25, 0.3) is 22.3 Å². The normalized spacial score (nSPS) is 11.5. The molecule has 0 radical (unpaired) electrons. The van der Waals surface area contributed by atoms with E-state index < -0.39 is 0 Å². The Balaban J connectivity index is 0.626. The van der Waals surface area contributed by atoms with Gasteiger partial charge in [-0.15, -0.1) is 0 Å². The van der Waals surface area contributed by atoms with Gasteiger partial charge >= 0.3 is 0 Å². The number of hydrogen-bond donors (Lipinski definition) is 0. The third-order valence-electron chi connectivity index (χ3n) is 11.5. The molecule has 0 saturated carbocycles. The Morgan fingerprint density at radius 2 is 0.616 bits per heavy atom. The summed E-state index contributed by atoms with van der Waals surface area (Å²) in [6.45, 7) is 18.0. The molecule has 15 heteroatoms. The van der Waals surface area contributed by atoms with Crippen molar-refractivity contribution >= 4 is 0 Å². The molecule has 0 aliphatic heterocycles. The molecule has 0 atom stereocenters. The predicted octanol–water partition coefficient (Wildman–Crippen LogP) is 10.1. The molecule has 0 saturated heterocycles.